The molecule has 3 N–H and O–H groups in total. The van der Waals surface area contributed by atoms with Crippen molar-refractivity contribution in [2.24, 2.45) is 10.9 Å². The molecular formula is C13H21N3O2. The van der Waals surface area contributed by atoms with Crippen LogP contribution in [0.25, 0.3) is 0 Å². The van der Waals surface area contributed by atoms with E-state index in [4.69, 9.17) is 15.7 Å². The molecule has 18 heavy (non-hydrogen) atoms. The van der Waals surface area contributed by atoms with Gasteiger partial charge in [0.2, 0.25) is 0 Å². The SMILES string of the molecule is COCCCN(C)Cc1cccc(C(N)=NO)c1. The summed E-state index contributed by atoms with van der Waals surface area (Å²) in [5.74, 6) is 0.138. The van der Waals surface area contributed by atoms with Crippen LogP contribution in [0.2, 0.25) is 0 Å². The molecule has 0 aliphatic carbocycles. The molecule has 0 unspecified atom stereocenters. The summed E-state index contributed by atoms with van der Waals surface area (Å²) in [5.41, 5.74) is 7.44. The molecule has 0 bridgehead atoms. The molecule has 0 radical (unpaired) electrons. The molecule has 0 fully saturated rings. The van der Waals surface area contributed by atoms with Crippen LogP contribution in [-0.2, 0) is 11.3 Å². The van der Waals surface area contributed by atoms with Gasteiger partial charge >= 0.3 is 0 Å². The third-order valence-corrected chi connectivity index (χ3v) is 2.67. The number of ether oxygens (including phenoxy) is 1. The molecule has 1 aromatic rings. The average molecular weight is 251 g/mol. The van der Waals surface area contributed by atoms with Gasteiger partial charge in [-0.05, 0) is 25.1 Å². The van der Waals surface area contributed by atoms with Crippen LogP contribution in [0.5, 0.6) is 0 Å². The van der Waals surface area contributed by atoms with Gasteiger partial charge in [-0.2, -0.15) is 0 Å². The number of hydrogen-bond donors (Lipinski definition) is 2. The first-order valence-corrected chi connectivity index (χ1v) is 5.91. The molecule has 1 rings (SSSR count). The molecule has 0 atom stereocenters. The van der Waals surface area contributed by atoms with Gasteiger partial charge in [0.15, 0.2) is 5.84 Å². The Balaban J connectivity index is 2.56. The van der Waals surface area contributed by atoms with Crippen molar-refractivity contribution in [3.8, 4) is 0 Å². The van der Waals surface area contributed by atoms with E-state index in [1.807, 2.05) is 24.3 Å². The average Bonchev–Trinajstić information content (AvgIpc) is 2.38. The number of rotatable bonds is 7. The Morgan fingerprint density at radius 1 is 1.50 bits per heavy atom. The van der Waals surface area contributed by atoms with Crippen molar-refractivity contribution in [1.82, 2.24) is 4.90 Å². The quantitative estimate of drug-likeness (QED) is 0.251. The first-order valence-electron chi connectivity index (χ1n) is 5.91. The van der Waals surface area contributed by atoms with Crippen LogP contribution in [0.15, 0.2) is 29.4 Å². The summed E-state index contributed by atoms with van der Waals surface area (Å²) in [4.78, 5) is 2.21. The lowest BCUT2D eigenvalue weighted by Gasteiger charge is -2.16. The Hall–Kier alpha value is -1.59. The highest BCUT2D eigenvalue weighted by atomic mass is 16.5. The number of hydrogen-bond acceptors (Lipinski definition) is 4. The molecule has 1 aromatic carbocycles. The second-order valence-corrected chi connectivity index (χ2v) is 4.27. The predicted octanol–water partition coefficient (Wildman–Crippen LogP) is 1.25. The third kappa shape index (κ3) is 4.73. The largest absolute Gasteiger partial charge is 0.409 e. The number of methoxy groups -OCH3 is 1. The Kier molecular flexibility index (Phi) is 6.18. The van der Waals surface area contributed by atoms with Crippen molar-refractivity contribution in [3.63, 3.8) is 0 Å². The van der Waals surface area contributed by atoms with Crippen LogP contribution in [0.1, 0.15) is 17.5 Å². The van der Waals surface area contributed by atoms with Gasteiger partial charge in [0.1, 0.15) is 0 Å². The maximum absolute atomic E-state index is 8.64. The molecule has 100 valence electrons. The first kappa shape index (κ1) is 14.5. The highest BCUT2D eigenvalue weighted by Crippen LogP contribution is 2.08. The van der Waals surface area contributed by atoms with E-state index in [2.05, 4.69) is 17.1 Å². The molecule has 5 heteroatoms. The number of nitrogens with two attached hydrogens (primary N) is 1. The van der Waals surface area contributed by atoms with E-state index < -0.39 is 0 Å². The summed E-state index contributed by atoms with van der Waals surface area (Å²) in [6, 6.07) is 7.69. The molecule has 0 amide bonds. The van der Waals surface area contributed by atoms with Gasteiger partial charge in [0.25, 0.3) is 0 Å². The van der Waals surface area contributed by atoms with E-state index in [1.54, 1.807) is 7.11 Å². The van der Waals surface area contributed by atoms with E-state index in [9.17, 15) is 0 Å². The Morgan fingerprint density at radius 2 is 2.28 bits per heavy atom. The minimum Gasteiger partial charge on any atom is -0.409 e. The summed E-state index contributed by atoms with van der Waals surface area (Å²) in [5, 5.41) is 11.6. The van der Waals surface area contributed by atoms with Gasteiger partial charge in [-0.15, -0.1) is 0 Å². The van der Waals surface area contributed by atoms with Crippen LogP contribution < -0.4 is 5.73 Å². The number of oxime groups is 1. The zero-order valence-corrected chi connectivity index (χ0v) is 11.0. The lowest BCUT2D eigenvalue weighted by Crippen LogP contribution is -2.20. The van der Waals surface area contributed by atoms with Gasteiger partial charge in [-0.3, -0.25) is 0 Å². The smallest absolute Gasteiger partial charge is 0.170 e. The van der Waals surface area contributed by atoms with Crippen molar-refractivity contribution < 1.29 is 9.94 Å². The van der Waals surface area contributed by atoms with Crippen LogP contribution in [0.4, 0.5) is 0 Å². The van der Waals surface area contributed by atoms with E-state index in [1.165, 1.54) is 0 Å². The fourth-order valence-corrected chi connectivity index (χ4v) is 1.76. The molecule has 0 saturated carbocycles. The molecule has 5 nitrogen and oxygen atoms in total. The zero-order valence-electron chi connectivity index (χ0n) is 11.0. The lowest BCUT2D eigenvalue weighted by atomic mass is 10.1. The summed E-state index contributed by atoms with van der Waals surface area (Å²) < 4.78 is 5.02. The monoisotopic (exact) mass is 251 g/mol. The van der Waals surface area contributed by atoms with Gasteiger partial charge in [0, 0.05) is 32.4 Å². The highest BCUT2D eigenvalue weighted by Gasteiger charge is 2.03. The number of amidine groups is 1. The second kappa shape index (κ2) is 7.68. The van der Waals surface area contributed by atoms with E-state index in [0.717, 1.165) is 37.2 Å². The van der Waals surface area contributed by atoms with Crippen LogP contribution in [0.3, 0.4) is 0 Å². The summed E-state index contributed by atoms with van der Waals surface area (Å²) in [6.45, 7) is 2.58. The van der Waals surface area contributed by atoms with E-state index in [-0.39, 0.29) is 5.84 Å². The minimum absolute atomic E-state index is 0.138. The fourth-order valence-electron chi connectivity index (χ4n) is 1.76. The van der Waals surface area contributed by atoms with Gasteiger partial charge in [-0.25, -0.2) is 0 Å². The molecule has 0 aromatic heterocycles. The first-order chi connectivity index (χ1) is 8.67. The lowest BCUT2D eigenvalue weighted by molar-refractivity contribution is 0.178. The molecular weight excluding hydrogens is 230 g/mol. The summed E-state index contributed by atoms with van der Waals surface area (Å²) >= 11 is 0. The molecule has 0 spiro atoms. The van der Waals surface area contributed by atoms with Crippen LogP contribution in [0, 0.1) is 0 Å². The summed E-state index contributed by atoms with van der Waals surface area (Å²) in [7, 11) is 3.77. The summed E-state index contributed by atoms with van der Waals surface area (Å²) in [6.07, 6.45) is 1.01. The molecule has 0 aliphatic heterocycles. The van der Waals surface area contributed by atoms with Crippen molar-refractivity contribution >= 4 is 5.84 Å². The van der Waals surface area contributed by atoms with Crippen LogP contribution in [-0.4, -0.2) is 43.3 Å². The zero-order chi connectivity index (χ0) is 13.4. The van der Waals surface area contributed by atoms with Crippen molar-refractivity contribution in [2.75, 3.05) is 27.3 Å². The molecule has 0 aliphatic rings. The van der Waals surface area contributed by atoms with Crippen molar-refractivity contribution in [3.05, 3.63) is 35.4 Å². The maximum Gasteiger partial charge on any atom is 0.170 e. The van der Waals surface area contributed by atoms with Gasteiger partial charge in [0.05, 0.1) is 0 Å². The highest BCUT2D eigenvalue weighted by molar-refractivity contribution is 5.97. The van der Waals surface area contributed by atoms with E-state index in [0.29, 0.717) is 0 Å². The van der Waals surface area contributed by atoms with Crippen molar-refractivity contribution in [1.29, 1.82) is 0 Å². The van der Waals surface area contributed by atoms with Crippen LogP contribution >= 0.6 is 0 Å². The third-order valence-electron chi connectivity index (χ3n) is 2.67. The van der Waals surface area contributed by atoms with Gasteiger partial charge < -0.3 is 20.6 Å². The maximum atomic E-state index is 8.64. The standard InChI is InChI=1S/C13H21N3O2/c1-16(7-4-8-18-2)10-11-5-3-6-12(9-11)13(14)15-17/h3,5-6,9,17H,4,7-8,10H2,1-2H3,(H2,14,15). The topological polar surface area (TPSA) is 71.1 Å². The van der Waals surface area contributed by atoms with E-state index >= 15 is 0 Å². The predicted molar refractivity (Wildman–Crippen MR) is 71.8 cm³/mol. The Bertz CT molecular complexity index is 394. The van der Waals surface area contributed by atoms with Crippen molar-refractivity contribution in [2.45, 2.75) is 13.0 Å². The van der Waals surface area contributed by atoms with Gasteiger partial charge in [-0.1, -0.05) is 23.4 Å². The Morgan fingerprint density at radius 3 is 2.94 bits per heavy atom. The fraction of sp³-hybridized carbons (Fsp3) is 0.462. The molecule has 0 saturated heterocycles. The number of nitrogens with zero attached hydrogens (tertiary/aromatic N) is 2. The Labute approximate surface area is 108 Å². The molecule has 0 heterocycles. The second-order valence-electron chi connectivity index (χ2n) is 4.27. The number of benzene rings is 1. The minimum atomic E-state index is 0.138. The normalized spacial score (nSPS) is 12.1.